The van der Waals surface area contributed by atoms with Crippen molar-refractivity contribution in [3.63, 3.8) is 0 Å². The van der Waals surface area contributed by atoms with Gasteiger partial charge in [-0.05, 0) is 18.2 Å². The molecule has 0 atom stereocenters. The number of hydrogen-bond acceptors (Lipinski definition) is 4. The van der Waals surface area contributed by atoms with Crippen LogP contribution >= 0.6 is 0 Å². The highest BCUT2D eigenvalue weighted by molar-refractivity contribution is 5.73. The van der Waals surface area contributed by atoms with Gasteiger partial charge >= 0.3 is 0 Å². The summed E-state index contributed by atoms with van der Waals surface area (Å²) in [6.45, 7) is 3.64. The lowest BCUT2D eigenvalue weighted by atomic mass is 10.2. The molecule has 0 bridgehead atoms. The molecule has 0 aliphatic rings. The van der Waals surface area contributed by atoms with E-state index >= 15 is 0 Å². The van der Waals surface area contributed by atoms with Crippen molar-refractivity contribution in [1.82, 2.24) is 10.3 Å². The number of nitrogens with one attached hydrogen (secondary N) is 2. The summed E-state index contributed by atoms with van der Waals surface area (Å²) in [4.78, 5) is 4.25. The van der Waals surface area contributed by atoms with E-state index in [9.17, 15) is 0 Å². The van der Waals surface area contributed by atoms with E-state index in [-0.39, 0.29) is 0 Å². The summed E-state index contributed by atoms with van der Waals surface area (Å²) in [5, 5.41) is 14.9. The molecule has 1 aromatic rings. The SMILES string of the molecule is C=C/C=C(/NC)c1nc(C#N)ccc1NC. The van der Waals surface area contributed by atoms with Crippen molar-refractivity contribution < 1.29 is 0 Å². The van der Waals surface area contributed by atoms with Gasteiger partial charge in [-0.3, -0.25) is 0 Å². The first-order valence-corrected chi connectivity index (χ1v) is 4.86. The second-order valence-electron chi connectivity index (χ2n) is 3.02. The van der Waals surface area contributed by atoms with Crippen molar-refractivity contribution in [3.05, 3.63) is 42.3 Å². The van der Waals surface area contributed by atoms with E-state index in [4.69, 9.17) is 5.26 Å². The molecule has 0 amide bonds. The van der Waals surface area contributed by atoms with Gasteiger partial charge in [0.2, 0.25) is 0 Å². The first-order chi connectivity index (χ1) is 7.76. The molecule has 0 saturated heterocycles. The van der Waals surface area contributed by atoms with Gasteiger partial charge in [0.15, 0.2) is 0 Å². The van der Waals surface area contributed by atoms with E-state index in [0.29, 0.717) is 11.4 Å². The zero-order valence-electron chi connectivity index (χ0n) is 9.41. The van der Waals surface area contributed by atoms with Gasteiger partial charge in [0.1, 0.15) is 17.5 Å². The van der Waals surface area contributed by atoms with Crippen LogP contribution in [0.1, 0.15) is 11.4 Å². The Hall–Kier alpha value is -2.28. The van der Waals surface area contributed by atoms with E-state index in [1.165, 1.54) is 0 Å². The topological polar surface area (TPSA) is 60.7 Å². The van der Waals surface area contributed by atoms with Gasteiger partial charge < -0.3 is 10.6 Å². The number of hydrogen-bond donors (Lipinski definition) is 2. The summed E-state index contributed by atoms with van der Waals surface area (Å²) >= 11 is 0. The Morgan fingerprint density at radius 2 is 2.25 bits per heavy atom. The van der Waals surface area contributed by atoms with Crippen LogP contribution in [-0.4, -0.2) is 19.1 Å². The normalized spacial score (nSPS) is 10.4. The van der Waals surface area contributed by atoms with Gasteiger partial charge in [0.25, 0.3) is 0 Å². The zero-order valence-corrected chi connectivity index (χ0v) is 9.41. The molecule has 2 N–H and O–H groups in total. The van der Waals surface area contributed by atoms with Gasteiger partial charge in [-0.1, -0.05) is 12.7 Å². The van der Waals surface area contributed by atoms with Crippen LogP contribution in [0.3, 0.4) is 0 Å². The molecule has 4 nitrogen and oxygen atoms in total. The molecule has 1 rings (SSSR count). The Bertz CT molecular complexity index is 455. The number of pyridine rings is 1. The molecule has 4 heteroatoms. The predicted octanol–water partition coefficient (Wildman–Crippen LogP) is 1.74. The first kappa shape index (κ1) is 11.8. The second kappa shape index (κ2) is 5.56. The minimum absolute atomic E-state index is 0.388. The molecule has 1 heterocycles. The lowest BCUT2D eigenvalue weighted by Gasteiger charge is -2.11. The maximum atomic E-state index is 8.82. The summed E-state index contributed by atoms with van der Waals surface area (Å²) < 4.78 is 0. The van der Waals surface area contributed by atoms with Crippen LogP contribution < -0.4 is 10.6 Å². The standard InChI is InChI=1S/C12H14N4/c1-4-5-10(14-2)12-11(15-3)7-6-9(8-13)16-12/h4-7,14-15H,1H2,2-3H3/b10-5+. The van der Waals surface area contributed by atoms with E-state index in [2.05, 4.69) is 22.2 Å². The van der Waals surface area contributed by atoms with E-state index < -0.39 is 0 Å². The number of anilines is 1. The molecule has 16 heavy (non-hydrogen) atoms. The monoisotopic (exact) mass is 214 g/mol. The summed E-state index contributed by atoms with van der Waals surface area (Å²) in [6, 6.07) is 5.53. The molecule has 0 aliphatic carbocycles. The minimum atomic E-state index is 0.388. The molecular formula is C12H14N4. The van der Waals surface area contributed by atoms with Crippen LogP contribution in [-0.2, 0) is 0 Å². The van der Waals surface area contributed by atoms with Crippen molar-refractivity contribution in [2.75, 3.05) is 19.4 Å². The third-order valence-corrected chi connectivity index (χ3v) is 2.09. The highest BCUT2D eigenvalue weighted by atomic mass is 14.9. The number of nitrogens with zero attached hydrogens (tertiary/aromatic N) is 2. The fourth-order valence-corrected chi connectivity index (χ4v) is 1.33. The van der Waals surface area contributed by atoms with E-state index in [1.54, 1.807) is 19.2 Å². The summed E-state index contributed by atoms with van der Waals surface area (Å²) in [5.41, 5.74) is 2.78. The number of allylic oxidation sites excluding steroid dienone is 2. The Balaban J connectivity index is 3.33. The summed E-state index contributed by atoms with van der Waals surface area (Å²) in [6.07, 6.45) is 3.48. The smallest absolute Gasteiger partial charge is 0.141 e. The minimum Gasteiger partial charge on any atom is -0.386 e. The molecule has 0 unspecified atom stereocenters. The van der Waals surface area contributed by atoms with Crippen LogP contribution in [0.15, 0.2) is 30.9 Å². The lowest BCUT2D eigenvalue weighted by molar-refractivity contribution is 1.08. The molecule has 0 aliphatic heterocycles. The van der Waals surface area contributed by atoms with Gasteiger partial charge in [0, 0.05) is 14.1 Å². The van der Waals surface area contributed by atoms with Gasteiger partial charge in [0.05, 0.1) is 11.4 Å². The number of rotatable bonds is 4. The van der Waals surface area contributed by atoms with Crippen LogP contribution in [0.25, 0.3) is 5.70 Å². The molecule has 0 aromatic carbocycles. The van der Waals surface area contributed by atoms with Crippen LogP contribution in [0.5, 0.6) is 0 Å². The predicted molar refractivity (Wildman–Crippen MR) is 65.7 cm³/mol. The van der Waals surface area contributed by atoms with Gasteiger partial charge in [-0.2, -0.15) is 5.26 Å². The maximum Gasteiger partial charge on any atom is 0.141 e. The largest absolute Gasteiger partial charge is 0.386 e. The fourth-order valence-electron chi connectivity index (χ4n) is 1.33. The first-order valence-electron chi connectivity index (χ1n) is 4.86. The Morgan fingerprint density at radius 3 is 2.75 bits per heavy atom. The van der Waals surface area contributed by atoms with Crippen LogP contribution in [0.4, 0.5) is 5.69 Å². The Morgan fingerprint density at radius 1 is 1.50 bits per heavy atom. The van der Waals surface area contributed by atoms with Crippen LogP contribution in [0.2, 0.25) is 0 Å². The van der Waals surface area contributed by atoms with Crippen molar-refractivity contribution in [2.24, 2.45) is 0 Å². The third kappa shape index (κ3) is 2.39. The average Bonchev–Trinajstić information content (AvgIpc) is 2.35. The van der Waals surface area contributed by atoms with E-state index in [0.717, 1.165) is 11.4 Å². The molecule has 0 saturated carbocycles. The second-order valence-corrected chi connectivity index (χ2v) is 3.02. The maximum absolute atomic E-state index is 8.82. The number of aromatic nitrogens is 1. The molecule has 82 valence electrons. The summed E-state index contributed by atoms with van der Waals surface area (Å²) in [7, 11) is 3.61. The van der Waals surface area contributed by atoms with Gasteiger partial charge in [-0.25, -0.2) is 4.98 Å². The highest BCUT2D eigenvalue weighted by Gasteiger charge is 2.08. The van der Waals surface area contributed by atoms with Crippen molar-refractivity contribution in [3.8, 4) is 6.07 Å². The molecule has 0 fully saturated rings. The van der Waals surface area contributed by atoms with Gasteiger partial charge in [-0.15, -0.1) is 0 Å². The molecule has 0 radical (unpaired) electrons. The molecule has 0 spiro atoms. The molecule has 1 aromatic heterocycles. The van der Waals surface area contributed by atoms with Crippen LogP contribution in [0, 0.1) is 11.3 Å². The lowest BCUT2D eigenvalue weighted by Crippen LogP contribution is -2.09. The third-order valence-electron chi connectivity index (χ3n) is 2.09. The average molecular weight is 214 g/mol. The zero-order chi connectivity index (χ0) is 12.0. The van der Waals surface area contributed by atoms with E-state index in [1.807, 2.05) is 25.3 Å². The molecular weight excluding hydrogens is 200 g/mol. The quantitative estimate of drug-likeness (QED) is 0.749. The van der Waals surface area contributed by atoms with Crippen molar-refractivity contribution >= 4 is 11.4 Å². The number of nitriles is 1. The fraction of sp³-hybridized carbons (Fsp3) is 0.167. The Kier molecular flexibility index (Phi) is 4.10. The highest BCUT2D eigenvalue weighted by Crippen LogP contribution is 2.19. The Labute approximate surface area is 95.3 Å². The summed E-state index contributed by atoms with van der Waals surface area (Å²) in [5.74, 6) is 0. The van der Waals surface area contributed by atoms with Crippen molar-refractivity contribution in [2.45, 2.75) is 0 Å². The van der Waals surface area contributed by atoms with Crippen molar-refractivity contribution in [1.29, 1.82) is 5.26 Å².